The molecule has 0 aromatic carbocycles. The highest BCUT2D eigenvalue weighted by atomic mass is 16.6. The van der Waals surface area contributed by atoms with Gasteiger partial charge >= 0.3 is 5.69 Å². The van der Waals surface area contributed by atoms with E-state index in [2.05, 4.69) is 15.4 Å². The van der Waals surface area contributed by atoms with Crippen LogP contribution in [0.15, 0.2) is 0 Å². The van der Waals surface area contributed by atoms with Gasteiger partial charge < -0.3 is 10.0 Å². The van der Waals surface area contributed by atoms with Crippen molar-refractivity contribution in [3.05, 3.63) is 15.8 Å². The number of aromatic nitrogens is 2. The average Bonchev–Trinajstić information content (AvgIpc) is 2.38. The Morgan fingerprint density at radius 2 is 2.11 bits per heavy atom. The standard InChI is InChI=1S/C10H16N6O3/c1-6-8(16(18)19)9(13-10(12-6)14-11)15-4-2-7(17)3-5-15/h7,17H,2-5,11H2,1H3,(H,12,13,14). The zero-order valence-corrected chi connectivity index (χ0v) is 10.5. The van der Waals surface area contributed by atoms with Crippen LogP contribution in [-0.2, 0) is 0 Å². The Morgan fingerprint density at radius 3 is 2.63 bits per heavy atom. The lowest BCUT2D eigenvalue weighted by molar-refractivity contribution is -0.385. The lowest BCUT2D eigenvalue weighted by Gasteiger charge is -2.30. The van der Waals surface area contributed by atoms with Gasteiger partial charge in [-0.2, -0.15) is 4.98 Å². The summed E-state index contributed by atoms with van der Waals surface area (Å²) in [5, 5.41) is 20.6. The number of nitro groups is 1. The molecule has 1 aliphatic heterocycles. The maximum Gasteiger partial charge on any atom is 0.332 e. The minimum Gasteiger partial charge on any atom is -0.393 e. The number of nitrogen functional groups attached to an aromatic ring is 1. The number of nitrogens with zero attached hydrogens (tertiary/aromatic N) is 4. The van der Waals surface area contributed by atoms with Crippen LogP contribution in [0.1, 0.15) is 18.5 Å². The van der Waals surface area contributed by atoms with E-state index in [1.54, 1.807) is 11.8 Å². The number of hydrazine groups is 1. The SMILES string of the molecule is Cc1nc(NN)nc(N2CCC(O)CC2)c1[N+](=O)[O-]. The topological polar surface area (TPSA) is 130 Å². The molecule has 0 radical (unpaired) electrons. The van der Waals surface area contributed by atoms with Gasteiger partial charge in [-0.15, -0.1) is 0 Å². The number of aliphatic hydroxyl groups excluding tert-OH is 1. The molecule has 104 valence electrons. The average molecular weight is 268 g/mol. The van der Waals surface area contributed by atoms with Crippen molar-refractivity contribution >= 4 is 17.5 Å². The fourth-order valence-electron chi connectivity index (χ4n) is 2.13. The van der Waals surface area contributed by atoms with Gasteiger partial charge in [0.25, 0.3) is 0 Å². The maximum atomic E-state index is 11.1. The molecule has 2 rings (SSSR count). The van der Waals surface area contributed by atoms with E-state index in [9.17, 15) is 15.2 Å². The Morgan fingerprint density at radius 1 is 1.47 bits per heavy atom. The van der Waals surface area contributed by atoms with Crippen molar-refractivity contribution in [2.45, 2.75) is 25.9 Å². The first-order valence-electron chi connectivity index (χ1n) is 5.95. The van der Waals surface area contributed by atoms with Crippen LogP contribution in [-0.4, -0.2) is 39.2 Å². The van der Waals surface area contributed by atoms with E-state index < -0.39 is 4.92 Å². The molecular formula is C10H16N6O3. The lowest BCUT2D eigenvalue weighted by Crippen LogP contribution is -2.37. The summed E-state index contributed by atoms with van der Waals surface area (Å²) in [5.41, 5.74) is 2.44. The number of aryl methyl sites for hydroxylation is 1. The fraction of sp³-hybridized carbons (Fsp3) is 0.600. The molecule has 0 aliphatic carbocycles. The van der Waals surface area contributed by atoms with Crippen molar-refractivity contribution in [3.63, 3.8) is 0 Å². The molecule has 4 N–H and O–H groups in total. The van der Waals surface area contributed by atoms with Crippen molar-refractivity contribution in [3.8, 4) is 0 Å². The highest BCUT2D eigenvalue weighted by Gasteiger charge is 2.28. The summed E-state index contributed by atoms with van der Waals surface area (Å²) < 4.78 is 0. The predicted molar refractivity (Wildman–Crippen MR) is 68.7 cm³/mol. The molecule has 1 fully saturated rings. The minimum absolute atomic E-state index is 0.115. The summed E-state index contributed by atoms with van der Waals surface area (Å²) in [5.74, 6) is 5.65. The van der Waals surface area contributed by atoms with Crippen LogP contribution in [0.4, 0.5) is 17.5 Å². The van der Waals surface area contributed by atoms with E-state index in [4.69, 9.17) is 5.84 Å². The summed E-state index contributed by atoms with van der Waals surface area (Å²) in [6.45, 7) is 2.58. The number of aliphatic hydroxyl groups is 1. The Labute approximate surface area is 109 Å². The molecule has 1 aromatic rings. The number of anilines is 2. The van der Waals surface area contributed by atoms with Gasteiger partial charge in [-0.25, -0.2) is 10.8 Å². The van der Waals surface area contributed by atoms with Gasteiger partial charge in [0.1, 0.15) is 5.69 Å². The summed E-state index contributed by atoms with van der Waals surface area (Å²) in [4.78, 5) is 20.4. The van der Waals surface area contributed by atoms with E-state index in [0.29, 0.717) is 25.9 Å². The monoisotopic (exact) mass is 268 g/mol. The number of rotatable bonds is 3. The van der Waals surface area contributed by atoms with Crippen molar-refractivity contribution in [1.82, 2.24) is 9.97 Å². The molecule has 1 aliphatic rings. The summed E-state index contributed by atoms with van der Waals surface area (Å²) in [6.07, 6.45) is 0.766. The molecule has 2 heterocycles. The second-order valence-electron chi connectivity index (χ2n) is 4.42. The number of hydrogen-bond acceptors (Lipinski definition) is 8. The Kier molecular flexibility index (Phi) is 3.76. The van der Waals surface area contributed by atoms with Crippen molar-refractivity contribution < 1.29 is 10.0 Å². The van der Waals surface area contributed by atoms with Crippen LogP contribution in [0.25, 0.3) is 0 Å². The van der Waals surface area contributed by atoms with Gasteiger partial charge in [-0.3, -0.25) is 15.5 Å². The van der Waals surface area contributed by atoms with E-state index in [1.807, 2.05) is 0 Å². The fourth-order valence-corrected chi connectivity index (χ4v) is 2.13. The maximum absolute atomic E-state index is 11.1. The molecular weight excluding hydrogens is 252 g/mol. The second-order valence-corrected chi connectivity index (χ2v) is 4.42. The first kappa shape index (κ1) is 13.4. The molecule has 19 heavy (non-hydrogen) atoms. The highest BCUT2D eigenvalue weighted by Crippen LogP contribution is 2.31. The first-order chi connectivity index (χ1) is 9.02. The largest absolute Gasteiger partial charge is 0.393 e. The van der Waals surface area contributed by atoms with Crippen LogP contribution >= 0.6 is 0 Å². The Balaban J connectivity index is 2.41. The first-order valence-corrected chi connectivity index (χ1v) is 5.95. The van der Waals surface area contributed by atoms with Crippen molar-refractivity contribution in [1.29, 1.82) is 0 Å². The summed E-state index contributed by atoms with van der Waals surface area (Å²) in [7, 11) is 0. The number of piperidine rings is 1. The van der Waals surface area contributed by atoms with Gasteiger partial charge in [0.2, 0.25) is 11.8 Å². The molecule has 0 saturated carbocycles. The zero-order chi connectivity index (χ0) is 14.0. The van der Waals surface area contributed by atoms with Gasteiger partial charge in [-0.05, 0) is 19.8 Å². The number of hydrogen-bond donors (Lipinski definition) is 3. The molecule has 0 bridgehead atoms. The van der Waals surface area contributed by atoms with E-state index in [-0.39, 0.29) is 29.3 Å². The van der Waals surface area contributed by atoms with Crippen LogP contribution in [0.5, 0.6) is 0 Å². The van der Waals surface area contributed by atoms with Crippen molar-refractivity contribution in [2.24, 2.45) is 5.84 Å². The lowest BCUT2D eigenvalue weighted by atomic mass is 10.1. The van der Waals surface area contributed by atoms with E-state index in [1.165, 1.54) is 0 Å². The second kappa shape index (κ2) is 5.33. The Hall–Kier alpha value is -2.00. The molecule has 0 unspecified atom stereocenters. The molecule has 1 aromatic heterocycles. The predicted octanol–water partition coefficient (Wildman–Crippen LogP) is -0.0601. The van der Waals surface area contributed by atoms with Crippen molar-refractivity contribution in [2.75, 3.05) is 23.4 Å². The van der Waals surface area contributed by atoms with Crippen LogP contribution in [0.3, 0.4) is 0 Å². The van der Waals surface area contributed by atoms with Gasteiger partial charge in [-0.1, -0.05) is 0 Å². The molecule has 9 nitrogen and oxygen atoms in total. The van der Waals surface area contributed by atoms with Gasteiger partial charge in [0.15, 0.2) is 0 Å². The molecule has 0 spiro atoms. The Bertz CT molecular complexity index is 486. The molecule has 1 saturated heterocycles. The summed E-state index contributed by atoms with van der Waals surface area (Å²) in [6, 6.07) is 0. The smallest absolute Gasteiger partial charge is 0.332 e. The number of nitrogens with one attached hydrogen (secondary N) is 1. The van der Waals surface area contributed by atoms with E-state index in [0.717, 1.165) is 0 Å². The van der Waals surface area contributed by atoms with E-state index >= 15 is 0 Å². The summed E-state index contributed by atoms with van der Waals surface area (Å²) >= 11 is 0. The molecule has 0 amide bonds. The van der Waals surface area contributed by atoms with Crippen LogP contribution in [0, 0.1) is 17.0 Å². The third-order valence-electron chi connectivity index (χ3n) is 3.12. The third-order valence-corrected chi connectivity index (χ3v) is 3.12. The van der Waals surface area contributed by atoms with Crippen LogP contribution in [0.2, 0.25) is 0 Å². The quantitative estimate of drug-likeness (QED) is 0.395. The normalized spacial score (nSPS) is 16.5. The zero-order valence-electron chi connectivity index (χ0n) is 10.5. The number of nitrogens with two attached hydrogens (primary N) is 1. The van der Waals surface area contributed by atoms with Gasteiger partial charge in [0, 0.05) is 13.1 Å². The molecule has 9 heteroatoms. The minimum atomic E-state index is -0.490. The van der Waals surface area contributed by atoms with Crippen LogP contribution < -0.4 is 16.2 Å². The highest BCUT2D eigenvalue weighted by molar-refractivity contribution is 5.62. The molecule has 0 atom stereocenters. The third kappa shape index (κ3) is 2.71. The van der Waals surface area contributed by atoms with Gasteiger partial charge in [0.05, 0.1) is 11.0 Å².